The van der Waals surface area contributed by atoms with Crippen molar-refractivity contribution in [1.29, 1.82) is 0 Å². The van der Waals surface area contributed by atoms with E-state index < -0.39 is 11.4 Å². The van der Waals surface area contributed by atoms with Crippen LogP contribution in [0.5, 0.6) is 0 Å². The van der Waals surface area contributed by atoms with Crippen LogP contribution in [-0.4, -0.2) is 68.1 Å². The van der Waals surface area contributed by atoms with Crippen molar-refractivity contribution in [2.24, 2.45) is 0 Å². The molecule has 13 heteroatoms. The van der Waals surface area contributed by atoms with E-state index in [1.54, 1.807) is 6.20 Å². The number of rotatable bonds is 3. The fraction of sp³-hybridized carbons (Fsp3) is 0.486. The van der Waals surface area contributed by atoms with Crippen LogP contribution in [0.2, 0.25) is 10.3 Å². The van der Waals surface area contributed by atoms with E-state index in [0.717, 1.165) is 43.2 Å². The number of ether oxygens (including phenoxy) is 2. The topological polar surface area (TPSA) is 98.7 Å². The molecule has 0 N–H and O–H groups in total. The second kappa shape index (κ2) is 11.5. The first kappa shape index (κ1) is 31.6. The molecule has 252 valence electrons. The number of anilines is 1. The maximum atomic E-state index is 17.3. The number of piperazine rings is 1. The Kier molecular flexibility index (Phi) is 7.54. The average molecular weight is 696 g/mol. The SMILES string of the molecule is Cc1cc2c(o1)c(-c1c(Cl)c(C)cc3c1cnn3C1CCCCO1)c(F)c1nc(Cl)nc(N3C[C@H]4CC[C@@H](C3)N4C(=O)OC(C)(C)C)c12. The van der Waals surface area contributed by atoms with Gasteiger partial charge < -0.3 is 18.8 Å². The highest BCUT2D eigenvalue weighted by molar-refractivity contribution is 6.37. The molecule has 2 bridgehead atoms. The van der Waals surface area contributed by atoms with Crippen LogP contribution in [-0.2, 0) is 9.47 Å². The summed E-state index contributed by atoms with van der Waals surface area (Å²) in [7, 11) is 0. The number of carbonyl (C=O) groups is 1. The normalized spacial score (nSPS) is 21.6. The van der Waals surface area contributed by atoms with Crippen molar-refractivity contribution < 1.29 is 23.1 Å². The van der Waals surface area contributed by atoms with E-state index in [2.05, 4.69) is 14.9 Å². The van der Waals surface area contributed by atoms with Crippen molar-refractivity contribution in [3.63, 3.8) is 0 Å². The van der Waals surface area contributed by atoms with Crippen LogP contribution in [0.4, 0.5) is 15.0 Å². The van der Waals surface area contributed by atoms with Crippen molar-refractivity contribution in [3.05, 3.63) is 45.8 Å². The number of carbonyl (C=O) groups excluding carboxylic acids is 1. The number of benzene rings is 2. The zero-order valence-corrected chi connectivity index (χ0v) is 29.1. The summed E-state index contributed by atoms with van der Waals surface area (Å²) in [5.74, 6) is 0.494. The summed E-state index contributed by atoms with van der Waals surface area (Å²) < 4.78 is 37.3. The Balaban J connectivity index is 1.30. The van der Waals surface area contributed by atoms with Crippen LogP contribution >= 0.6 is 23.2 Å². The smallest absolute Gasteiger partial charge is 0.410 e. The molecule has 0 radical (unpaired) electrons. The second-order valence-corrected chi connectivity index (χ2v) is 14.9. The third-order valence-electron chi connectivity index (χ3n) is 9.73. The van der Waals surface area contributed by atoms with E-state index >= 15 is 4.39 Å². The van der Waals surface area contributed by atoms with Gasteiger partial charge in [0.15, 0.2) is 12.0 Å². The second-order valence-electron chi connectivity index (χ2n) is 14.2. The van der Waals surface area contributed by atoms with Gasteiger partial charge in [-0.2, -0.15) is 10.1 Å². The molecule has 2 aromatic carbocycles. The third-order valence-corrected chi connectivity index (χ3v) is 10.4. The van der Waals surface area contributed by atoms with Crippen molar-refractivity contribution in [3.8, 4) is 11.1 Å². The Morgan fingerprint density at radius 1 is 1.02 bits per heavy atom. The molecule has 3 saturated heterocycles. The molecule has 5 aromatic rings. The van der Waals surface area contributed by atoms with Gasteiger partial charge in [0.1, 0.15) is 28.3 Å². The molecule has 0 saturated carbocycles. The van der Waals surface area contributed by atoms with Gasteiger partial charge in [0.2, 0.25) is 5.28 Å². The van der Waals surface area contributed by atoms with E-state index in [9.17, 15) is 4.79 Å². The van der Waals surface area contributed by atoms with Crippen LogP contribution in [0.1, 0.15) is 70.4 Å². The van der Waals surface area contributed by atoms with Crippen LogP contribution < -0.4 is 4.90 Å². The molecular formula is C35H37Cl2FN6O4. The molecule has 1 unspecified atom stereocenters. The predicted octanol–water partition coefficient (Wildman–Crippen LogP) is 8.74. The number of nitrogens with zero attached hydrogens (tertiary/aromatic N) is 6. The summed E-state index contributed by atoms with van der Waals surface area (Å²) in [5.41, 5.74) is 2.07. The molecule has 6 heterocycles. The zero-order valence-electron chi connectivity index (χ0n) is 27.6. The first-order valence-corrected chi connectivity index (χ1v) is 17.3. The van der Waals surface area contributed by atoms with Gasteiger partial charge in [-0.05, 0) is 96.0 Å². The van der Waals surface area contributed by atoms with E-state index in [-0.39, 0.29) is 40.8 Å². The van der Waals surface area contributed by atoms with Gasteiger partial charge in [-0.3, -0.25) is 4.90 Å². The van der Waals surface area contributed by atoms with Crippen molar-refractivity contribution in [2.45, 2.75) is 90.6 Å². The largest absolute Gasteiger partial charge is 0.461 e. The summed E-state index contributed by atoms with van der Waals surface area (Å²) in [5, 5.41) is 6.86. The molecule has 3 aliphatic heterocycles. The molecule has 8 rings (SSSR count). The maximum Gasteiger partial charge on any atom is 0.410 e. The summed E-state index contributed by atoms with van der Waals surface area (Å²) >= 11 is 13.6. The van der Waals surface area contributed by atoms with E-state index in [1.165, 1.54) is 0 Å². The molecule has 48 heavy (non-hydrogen) atoms. The number of halogens is 3. The Morgan fingerprint density at radius 2 is 1.77 bits per heavy atom. The standard InChI is InChI=1S/C35H37Cl2FN6O4/c1-17-12-23-22(14-39-44(23)24-8-6-7-11-46-24)25(28(17)36)27-29(38)30-26(21-13-18(2)47-31(21)27)32(41-33(37)40-30)42-15-19-9-10-20(16-42)43(19)34(45)48-35(3,4)5/h12-14,19-20,24H,6-11,15-16H2,1-5H3/t19-,20+,24?. The van der Waals surface area contributed by atoms with Crippen molar-refractivity contribution >= 4 is 67.9 Å². The quantitative estimate of drug-likeness (QED) is 0.173. The number of aromatic nitrogens is 4. The lowest BCUT2D eigenvalue weighted by molar-refractivity contribution is -0.0366. The summed E-state index contributed by atoms with van der Waals surface area (Å²) in [4.78, 5) is 26.3. The number of aryl methyl sites for hydroxylation is 2. The number of hydrogen-bond acceptors (Lipinski definition) is 8. The minimum absolute atomic E-state index is 0.0731. The van der Waals surface area contributed by atoms with Crippen molar-refractivity contribution in [1.82, 2.24) is 24.6 Å². The van der Waals surface area contributed by atoms with Crippen LogP contribution in [0.25, 0.3) is 43.9 Å². The van der Waals surface area contributed by atoms with E-state index in [1.807, 2.05) is 56.3 Å². The molecular weight excluding hydrogens is 658 g/mol. The summed E-state index contributed by atoms with van der Waals surface area (Å²) in [6.45, 7) is 11.0. The minimum Gasteiger partial charge on any atom is -0.461 e. The number of hydrogen-bond donors (Lipinski definition) is 0. The molecule has 10 nitrogen and oxygen atoms in total. The third kappa shape index (κ3) is 5.08. The van der Waals surface area contributed by atoms with Gasteiger partial charge in [0.05, 0.1) is 39.8 Å². The van der Waals surface area contributed by atoms with Gasteiger partial charge in [0, 0.05) is 36.0 Å². The maximum absolute atomic E-state index is 17.3. The number of furan rings is 1. The Morgan fingerprint density at radius 3 is 2.46 bits per heavy atom. The van der Waals surface area contributed by atoms with Gasteiger partial charge in [-0.1, -0.05) is 11.6 Å². The minimum atomic E-state index is -0.608. The lowest BCUT2D eigenvalue weighted by Crippen LogP contribution is -2.57. The number of fused-ring (bicyclic) bond motifs is 6. The molecule has 1 amide bonds. The van der Waals surface area contributed by atoms with Gasteiger partial charge in [-0.15, -0.1) is 0 Å². The first-order valence-electron chi connectivity index (χ1n) is 16.5. The highest BCUT2D eigenvalue weighted by Gasteiger charge is 2.45. The molecule has 3 atom stereocenters. The highest BCUT2D eigenvalue weighted by Crippen LogP contribution is 2.48. The first-order chi connectivity index (χ1) is 22.9. The van der Waals surface area contributed by atoms with Crippen LogP contribution in [0.3, 0.4) is 0 Å². The number of amides is 1. The molecule has 3 aliphatic rings. The Hall–Kier alpha value is -3.67. The van der Waals surface area contributed by atoms with E-state index in [0.29, 0.717) is 63.6 Å². The lowest BCUT2D eigenvalue weighted by Gasteiger charge is -2.42. The fourth-order valence-electron chi connectivity index (χ4n) is 7.76. The summed E-state index contributed by atoms with van der Waals surface area (Å²) in [6.07, 6.45) is 5.74. The van der Waals surface area contributed by atoms with Crippen LogP contribution in [0, 0.1) is 19.7 Å². The van der Waals surface area contributed by atoms with Gasteiger partial charge in [0.25, 0.3) is 0 Å². The Bertz CT molecular complexity index is 2100. The van der Waals surface area contributed by atoms with Gasteiger partial charge in [-0.25, -0.2) is 18.9 Å². The molecule has 3 aromatic heterocycles. The zero-order chi connectivity index (χ0) is 33.6. The molecule has 3 fully saturated rings. The monoisotopic (exact) mass is 694 g/mol. The van der Waals surface area contributed by atoms with Crippen molar-refractivity contribution in [2.75, 3.05) is 24.6 Å². The highest BCUT2D eigenvalue weighted by atomic mass is 35.5. The Labute approximate surface area is 287 Å². The van der Waals surface area contributed by atoms with E-state index in [4.69, 9.17) is 42.2 Å². The molecule has 0 spiro atoms. The molecule has 0 aliphatic carbocycles. The predicted molar refractivity (Wildman–Crippen MR) is 183 cm³/mol. The fourth-order valence-corrected chi connectivity index (χ4v) is 8.17. The van der Waals surface area contributed by atoms with Gasteiger partial charge >= 0.3 is 6.09 Å². The van der Waals surface area contributed by atoms with Crippen LogP contribution in [0.15, 0.2) is 22.7 Å². The summed E-state index contributed by atoms with van der Waals surface area (Å²) in [6, 6.07) is 3.68. The average Bonchev–Trinajstić information content (AvgIpc) is 3.70. The lowest BCUT2D eigenvalue weighted by atomic mass is 9.95.